The smallest absolute Gasteiger partial charge is 0.114 e. The molecule has 2 heteroatoms. The largest absolute Gasteiger partial charge is 0.296 e. The van der Waals surface area contributed by atoms with Gasteiger partial charge in [0.1, 0.15) is 5.82 Å². The third kappa shape index (κ3) is 4.37. The van der Waals surface area contributed by atoms with Gasteiger partial charge in [-0.1, -0.05) is 146 Å². The van der Waals surface area contributed by atoms with E-state index in [1.54, 1.807) is 0 Å². The highest BCUT2D eigenvalue weighted by Crippen LogP contribution is 2.47. The van der Waals surface area contributed by atoms with Crippen LogP contribution < -0.4 is 0 Å². The molecule has 2 nitrogen and oxygen atoms in total. The summed E-state index contributed by atoms with van der Waals surface area (Å²) in [6.07, 6.45) is 0.789. The summed E-state index contributed by atoms with van der Waals surface area (Å²) in [7, 11) is 0. The molecule has 0 aliphatic rings. The number of rotatable bonds is 5. The van der Waals surface area contributed by atoms with Crippen LogP contribution in [0.2, 0.25) is 0 Å². The Morgan fingerprint density at radius 2 is 1.19 bits per heavy atom. The molecule has 0 atom stereocenters. The fourth-order valence-electron chi connectivity index (χ4n) is 7.21. The van der Waals surface area contributed by atoms with E-state index < -0.39 is 6.04 Å². The lowest BCUT2D eigenvalue weighted by atomic mass is 9.83. The number of benzene rings is 8. The summed E-state index contributed by atoms with van der Waals surface area (Å²) in [5.41, 5.74) is 8.10. The molecule has 0 saturated heterocycles. The fourth-order valence-corrected chi connectivity index (χ4v) is 7.21. The van der Waals surface area contributed by atoms with E-state index in [9.17, 15) is 0 Å². The van der Waals surface area contributed by atoms with E-state index in [-0.39, 0.29) is 29.7 Å². The van der Waals surface area contributed by atoms with Gasteiger partial charge in [0.25, 0.3) is 0 Å². The number of para-hydroxylation sites is 2. The van der Waals surface area contributed by atoms with Crippen LogP contribution in [0.5, 0.6) is 0 Å². The summed E-state index contributed by atoms with van der Waals surface area (Å²) in [5, 5.41) is 6.33. The number of aromatic nitrogens is 2. The zero-order valence-corrected chi connectivity index (χ0v) is 25.8. The number of hydrogen-bond donors (Lipinski definition) is 0. The Labute approximate surface area is 281 Å². The van der Waals surface area contributed by atoms with E-state index in [0.717, 1.165) is 83.5 Å². The number of nitrogens with zero attached hydrogens (tertiary/aromatic N) is 2. The average Bonchev–Trinajstić information content (AvgIpc) is 3.57. The molecule has 0 fully saturated rings. The van der Waals surface area contributed by atoms with Crippen molar-refractivity contribution in [2.75, 3.05) is 0 Å². The zero-order valence-electron chi connectivity index (χ0n) is 30.8. The van der Waals surface area contributed by atoms with Crippen LogP contribution in [-0.4, -0.2) is 9.55 Å². The molecule has 0 spiro atoms. The standard InChI is InChI=1S/C45H32N2/c1-2-43-46-40-23-13-14-24-42(40)47(43)41-28-27-37(33-19-9-10-20-34(33)41)45-36-22-12-11-21-35(36)44(31-17-7-4-8-18-31)39-29-32(25-26-38(39)45)30-15-5-3-6-16-30/h3-29H,2H2,1H3/i3D,5D,6D,15D,16D. The second-order valence-corrected chi connectivity index (χ2v) is 11.8. The molecule has 1 aromatic heterocycles. The Balaban J connectivity index is 1.40. The SMILES string of the molecule is [2H]c1c([2H])c([2H])c(-c2ccc3c(-c4ccc(-n5c(CC)nc6ccccc65)c5ccccc45)c4ccccc4c(-c4ccccc4)c3c2)c([2H])c1[2H]. The van der Waals surface area contributed by atoms with E-state index >= 15 is 0 Å². The monoisotopic (exact) mass is 605 g/mol. The third-order valence-corrected chi connectivity index (χ3v) is 9.23. The van der Waals surface area contributed by atoms with E-state index in [2.05, 4.69) is 109 Å². The molecule has 0 unspecified atom stereocenters. The second kappa shape index (κ2) is 11.1. The van der Waals surface area contributed by atoms with Crippen molar-refractivity contribution in [1.82, 2.24) is 9.55 Å². The van der Waals surface area contributed by atoms with Crippen LogP contribution in [0.1, 0.15) is 19.6 Å². The number of imidazole rings is 1. The lowest BCUT2D eigenvalue weighted by Crippen LogP contribution is -2.01. The van der Waals surface area contributed by atoms with Gasteiger partial charge in [-0.2, -0.15) is 0 Å². The highest BCUT2D eigenvalue weighted by atomic mass is 15.1. The van der Waals surface area contributed by atoms with Gasteiger partial charge in [0.2, 0.25) is 0 Å². The van der Waals surface area contributed by atoms with E-state index in [4.69, 9.17) is 11.8 Å². The maximum atomic E-state index is 8.78. The van der Waals surface area contributed by atoms with Crippen molar-refractivity contribution in [3.63, 3.8) is 0 Å². The predicted octanol–water partition coefficient (Wildman–Crippen LogP) is 12.0. The number of hydrogen-bond acceptors (Lipinski definition) is 1. The minimum atomic E-state index is -0.400. The first-order valence-corrected chi connectivity index (χ1v) is 16.0. The van der Waals surface area contributed by atoms with Crippen molar-refractivity contribution in [3.8, 4) is 39.1 Å². The van der Waals surface area contributed by atoms with Crippen molar-refractivity contribution < 1.29 is 6.85 Å². The Morgan fingerprint density at radius 1 is 0.532 bits per heavy atom. The normalized spacial score (nSPS) is 13.1. The molecule has 0 N–H and O–H groups in total. The Bertz CT molecular complexity index is 2870. The summed E-state index contributed by atoms with van der Waals surface area (Å²) < 4.78 is 44.8. The van der Waals surface area contributed by atoms with Gasteiger partial charge in [-0.3, -0.25) is 4.57 Å². The Kier molecular flexibility index (Phi) is 5.32. The van der Waals surface area contributed by atoms with Crippen LogP contribution in [0.25, 0.3) is 82.4 Å². The average molecular weight is 606 g/mol. The predicted molar refractivity (Wildman–Crippen MR) is 199 cm³/mol. The molecule has 9 aromatic rings. The minimum absolute atomic E-state index is 0.190. The van der Waals surface area contributed by atoms with Crippen LogP contribution in [0.4, 0.5) is 0 Å². The molecule has 0 radical (unpaired) electrons. The molecule has 0 aliphatic carbocycles. The van der Waals surface area contributed by atoms with Crippen molar-refractivity contribution in [1.29, 1.82) is 0 Å². The van der Waals surface area contributed by atoms with Crippen molar-refractivity contribution in [2.24, 2.45) is 0 Å². The first-order chi connectivity index (χ1) is 25.4. The molecule has 222 valence electrons. The third-order valence-electron chi connectivity index (χ3n) is 9.23. The van der Waals surface area contributed by atoms with E-state index in [1.807, 2.05) is 36.4 Å². The number of aryl methyl sites for hydroxylation is 1. The van der Waals surface area contributed by atoms with E-state index in [1.165, 1.54) is 0 Å². The second-order valence-electron chi connectivity index (χ2n) is 11.8. The van der Waals surface area contributed by atoms with Crippen LogP contribution in [0.3, 0.4) is 0 Å². The molecule has 47 heavy (non-hydrogen) atoms. The summed E-state index contributed by atoms with van der Waals surface area (Å²) in [5.74, 6) is 1.00. The molecule has 0 amide bonds. The van der Waals surface area contributed by atoms with Gasteiger partial charge in [-0.15, -0.1) is 0 Å². The lowest BCUT2D eigenvalue weighted by Gasteiger charge is -2.21. The fraction of sp³-hybridized carbons (Fsp3) is 0.0444. The van der Waals surface area contributed by atoms with Crippen LogP contribution in [-0.2, 0) is 6.42 Å². The van der Waals surface area contributed by atoms with Gasteiger partial charge < -0.3 is 0 Å². The quantitative estimate of drug-likeness (QED) is 0.178. The Hall–Kier alpha value is -5.99. The maximum absolute atomic E-state index is 8.78. The van der Waals surface area contributed by atoms with Gasteiger partial charge in [0, 0.05) is 11.8 Å². The highest BCUT2D eigenvalue weighted by Gasteiger charge is 2.21. The molecule has 0 saturated carbocycles. The van der Waals surface area contributed by atoms with Crippen LogP contribution >= 0.6 is 0 Å². The highest BCUT2D eigenvalue weighted by molar-refractivity contribution is 6.24. The minimum Gasteiger partial charge on any atom is -0.296 e. The summed E-state index contributed by atoms with van der Waals surface area (Å²) in [6.45, 7) is 2.14. The lowest BCUT2D eigenvalue weighted by molar-refractivity contribution is 0.913. The molecule has 9 rings (SSSR count). The van der Waals surface area contributed by atoms with Gasteiger partial charge in [-0.05, 0) is 84.6 Å². The van der Waals surface area contributed by atoms with Gasteiger partial charge in [0.05, 0.1) is 23.6 Å². The van der Waals surface area contributed by atoms with E-state index in [0.29, 0.717) is 5.56 Å². The molecule has 0 aliphatic heterocycles. The first kappa shape index (κ1) is 22.5. The molecule has 1 heterocycles. The maximum Gasteiger partial charge on any atom is 0.114 e. The van der Waals surface area contributed by atoms with Crippen molar-refractivity contribution in [2.45, 2.75) is 13.3 Å². The van der Waals surface area contributed by atoms with Crippen molar-refractivity contribution >= 4 is 43.4 Å². The topological polar surface area (TPSA) is 17.8 Å². The summed E-state index contributed by atoms with van der Waals surface area (Å²) >= 11 is 0. The van der Waals surface area contributed by atoms with Gasteiger partial charge in [0.15, 0.2) is 0 Å². The molecule has 8 aromatic carbocycles. The molecular formula is C45H32N2. The van der Waals surface area contributed by atoms with Crippen LogP contribution in [0, 0.1) is 0 Å². The summed E-state index contributed by atoms with van der Waals surface area (Å²) in [4.78, 5) is 4.98. The molecule has 0 bridgehead atoms. The number of fused-ring (bicyclic) bond motifs is 4. The summed E-state index contributed by atoms with van der Waals surface area (Å²) in [6, 6.07) is 44.4. The zero-order chi connectivity index (χ0) is 35.7. The Morgan fingerprint density at radius 3 is 1.98 bits per heavy atom. The van der Waals surface area contributed by atoms with Gasteiger partial charge >= 0.3 is 0 Å². The van der Waals surface area contributed by atoms with Crippen molar-refractivity contribution in [3.05, 3.63) is 169 Å². The first-order valence-electron chi connectivity index (χ1n) is 18.5. The van der Waals surface area contributed by atoms with Crippen LogP contribution in [0.15, 0.2) is 164 Å². The van der Waals surface area contributed by atoms with Gasteiger partial charge in [-0.25, -0.2) is 4.98 Å². The molecular weight excluding hydrogens is 569 g/mol.